The Labute approximate surface area is 79.6 Å². The average molecular weight is 205 g/mol. The van der Waals surface area contributed by atoms with Gasteiger partial charge in [-0.25, -0.2) is 17.6 Å². The number of unbranched alkanes of at least 4 members (excludes halogenated alkanes) is 1. The highest BCUT2D eigenvalue weighted by atomic mass is 19.2. The molecule has 77 valence electrons. The lowest BCUT2D eigenvalue weighted by atomic mass is 10.1. The first-order valence-corrected chi connectivity index (χ1v) is 4.19. The van der Waals surface area contributed by atoms with Crippen molar-refractivity contribution in [3.63, 3.8) is 0 Å². The van der Waals surface area contributed by atoms with Gasteiger partial charge in [-0.3, -0.25) is 0 Å². The van der Waals surface area contributed by atoms with Crippen LogP contribution in [0.1, 0.15) is 18.4 Å². The highest BCUT2D eigenvalue weighted by Crippen LogP contribution is 2.20. The number of benzene rings is 1. The first kappa shape index (κ1) is 11.0. The zero-order valence-electron chi connectivity index (χ0n) is 7.42. The second-order valence-corrected chi connectivity index (χ2v) is 2.90. The summed E-state index contributed by atoms with van der Waals surface area (Å²) in [5, 5.41) is 0. The van der Waals surface area contributed by atoms with Crippen molar-refractivity contribution < 1.29 is 17.6 Å². The zero-order valence-corrected chi connectivity index (χ0v) is 7.42. The molecule has 0 aliphatic heterocycles. The Morgan fingerprint density at radius 2 is 1.50 bits per heavy atom. The molecule has 0 aliphatic rings. The Morgan fingerprint density at radius 3 is 1.93 bits per heavy atom. The van der Waals surface area contributed by atoms with E-state index in [1.165, 1.54) is 0 Å². The number of halogens is 4. The Morgan fingerprint density at radius 1 is 1.00 bits per heavy atom. The van der Waals surface area contributed by atoms with Gasteiger partial charge in [-0.05, 0) is 12.8 Å². The Balaban J connectivity index is 3.11. The lowest BCUT2D eigenvalue weighted by Gasteiger charge is -2.05. The van der Waals surface area contributed by atoms with Crippen LogP contribution in [0.5, 0.6) is 0 Å². The van der Waals surface area contributed by atoms with Crippen molar-refractivity contribution in [3.8, 4) is 0 Å². The molecule has 0 amide bonds. The molecule has 0 saturated heterocycles. The molecule has 14 heavy (non-hydrogen) atoms. The molecule has 0 heterocycles. The SMILES string of the molecule is [CH2]CCCc1c(F)c(F)cc(F)c1F. The van der Waals surface area contributed by atoms with Gasteiger partial charge in [0.25, 0.3) is 0 Å². The van der Waals surface area contributed by atoms with Gasteiger partial charge in [0.1, 0.15) is 0 Å². The van der Waals surface area contributed by atoms with E-state index in [1.807, 2.05) is 0 Å². The molecule has 0 aliphatic carbocycles. The van der Waals surface area contributed by atoms with Crippen LogP contribution in [0.2, 0.25) is 0 Å². The van der Waals surface area contributed by atoms with Crippen LogP contribution in [0.25, 0.3) is 0 Å². The quantitative estimate of drug-likeness (QED) is 0.524. The number of hydrogen-bond donors (Lipinski definition) is 0. The molecule has 0 spiro atoms. The van der Waals surface area contributed by atoms with E-state index >= 15 is 0 Å². The third kappa shape index (κ3) is 2.05. The first-order valence-electron chi connectivity index (χ1n) is 4.19. The predicted molar refractivity (Wildman–Crippen MR) is 44.6 cm³/mol. The van der Waals surface area contributed by atoms with Gasteiger partial charge in [0.15, 0.2) is 23.3 Å². The number of rotatable bonds is 3. The summed E-state index contributed by atoms with van der Waals surface area (Å²) >= 11 is 0. The zero-order chi connectivity index (χ0) is 10.7. The van der Waals surface area contributed by atoms with E-state index in [4.69, 9.17) is 0 Å². The molecule has 0 bridgehead atoms. The molecule has 1 aromatic carbocycles. The van der Waals surface area contributed by atoms with Crippen molar-refractivity contribution in [2.24, 2.45) is 0 Å². The Hall–Kier alpha value is -1.06. The van der Waals surface area contributed by atoms with Gasteiger partial charge in [0.05, 0.1) is 0 Å². The fourth-order valence-electron chi connectivity index (χ4n) is 1.14. The lowest BCUT2D eigenvalue weighted by Crippen LogP contribution is -2.02. The third-order valence-corrected chi connectivity index (χ3v) is 1.88. The van der Waals surface area contributed by atoms with Gasteiger partial charge < -0.3 is 0 Å². The summed E-state index contributed by atoms with van der Waals surface area (Å²) in [4.78, 5) is 0. The summed E-state index contributed by atoms with van der Waals surface area (Å²) in [6.45, 7) is 3.47. The van der Waals surface area contributed by atoms with E-state index in [1.54, 1.807) is 0 Å². The molecule has 0 nitrogen and oxygen atoms in total. The largest absolute Gasteiger partial charge is 0.204 e. The van der Waals surface area contributed by atoms with Crippen molar-refractivity contribution in [2.45, 2.75) is 19.3 Å². The monoisotopic (exact) mass is 205 g/mol. The van der Waals surface area contributed by atoms with Crippen molar-refractivity contribution in [2.75, 3.05) is 0 Å². The second-order valence-electron chi connectivity index (χ2n) is 2.90. The fraction of sp³-hybridized carbons (Fsp3) is 0.300. The van der Waals surface area contributed by atoms with E-state index in [0.29, 0.717) is 12.8 Å². The molecule has 1 radical (unpaired) electrons. The molecule has 0 unspecified atom stereocenters. The summed E-state index contributed by atoms with van der Waals surface area (Å²) < 4.78 is 51.2. The van der Waals surface area contributed by atoms with E-state index in [0.717, 1.165) is 0 Å². The van der Waals surface area contributed by atoms with Crippen molar-refractivity contribution in [3.05, 3.63) is 41.8 Å². The summed E-state index contributed by atoms with van der Waals surface area (Å²) in [6, 6.07) is 0.207. The standard InChI is InChI=1S/C10H9F4/c1-2-3-4-6-9(13)7(11)5-8(12)10(6)14/h5H,1-4H2. The Bertz CT molecular complexity index is 307. The van der Waals surface area contributed by atoms with E-state index in [-0.39, 0.29) is 12.5 Å². The highest BCUT2D eigenvalue weighted by molar-refractivity contribution is 5.22. The fourth-order valence-corrected chi connectivity index (χ4v) is 1.14. The van der Waals surface area contributed by atoms with Gasteiger partial charge in [0, 0.05) is 11.6 Å². The van der Waals surface area contributed by atoms with Crippen LogP contribution in [0.15, 0.2) is 6.07 Å². The molecule has 0 fully saturated rings. The van der Waals surface area contributed by atoms with Crippen LogP contribution >= 0.6 is 0 Å². The van der Waals surface area contributed by atoms with Gasteiger partial charge in [0.2, 0.25) is 0 Å². The lowest BCUT2D eigenvalue weighted by molar-refractivity contribution is 0.437. The maximum atomic E-state index is 13.0. The molecule has 0 aromatic heterocycles. The molecule has 1 rings (SSSR count). The molecule has 1 aromatic rings. The van der Waals surface area contributed by atoms with E-state index in [2.05, 4.69) is 6.92 Å². The van der Waals surface area contributed by atoms with Crippen molar-refractivity contribution in [1.82, 2.24) is 0 Å². The minimum absolute atomic E-state index is 0.0458. The van der Waals surface area contributed by atoms with Crippen molar-refractivity contribution in [1.29, 1.82) is 0 Å². The topological polar surface area (TPSA) is 0 Å². The molecular weight excluding hydrogens is 196 g/mol. The summed E-state index contributed by atoms with van der Waals surface area (Å²) in [7, 11) is 0. The summed E-state index contributed by atoms with van der Waals surface area (Å²) in [5.74, 6) is -5.33. The Kier molecular flexibility index (Phi) is 3.49. The van der Waals surface area contributed by atoms with Crippen molar-refractivity contribution >= 4 is 0 Å². The average Bonchev–Trinajstić information content (AvgIpc) is 2.15. The highest BCUT2D eigenvalue weighted by Gasteiger charge is 2.17. The van der Waals surface area contributed by atoms with Crippen LogP contribution in [0.4, 0.5) is 17.6 Å². The number of hydrogen-bond acceptors (Lipinski definition) is 0. The maximum absolute atomic E-state index is 13.0. The first-order chi connectivity index (χ1) is 6.57. The minimum Gasteiger partial charge on any atom is -0.204 e. The smallest absolute Gasteiger partial charge is 0.165 e. The molecular formula is C10H9F4. The van der Waals surface area contributed by atoms with Crippen LogP contribution in [-0.2, 0) is 6.42 Å². The third-order valence-electron chi connectivity index (χ3n) is 1.88. The molecule has 0 saturated carbocycles. The second kappa shape index (κ2) is 4.44. The van der Waals surface area contributed by atoms with Crippen LogP contribution < -0.4 is 0 Å². The van der Waals surface area contributed by atoms with Gasteiger partial charge in [-0.1, -0.05) is 13.3 Å². The minimum atomic E-state index is -1.36. The maximum Gasteiger partial charge on any atom is 0.165 e. The van der Waals surface area contributed by atoms with Gasteiger partial charge in [-0.15, -0.1) is 0 Å². The molecule has 0 N–H and O–H groups in total. The summed E-state index contributed by atoms with van der Waals surface area (Å²) in [5.41, 5.74) is -0.536. The molecule has 0 atom stereocenters. The van der Waals surface area contributed by atoms with Crippen LogP contribution in [-0.4, -0.2) is 0 Å². The predicted octanol–water partition coefficient (Wildman–Crippen LogP) is 3.40. The van der Waals surface area contributed by atoms with Gasteiger partial charge in [-0.2, -0.15) is 0 Å². The molecule has 4 heteroatoms. The van der Waals surface area contributed by atoms with E-state index < -0.39 is 28.8 Å². The van der Waals surface area contributed by atoms with Gasteiger partial charge >= 0.3 is 0 Å². The summed E-state index contributed by atoms with van der Waals surface area (Å²) in [6.07, 6.45) is 0.795. The van der Waals surface area contributed by atoms with Crippen LogP contribution in [0.3, 0.4) is 0 Å². The van der Waals surface area contributed by atoms with Crippen LogP contribution in [0, 0.1) is 30.2 Å². The normalized spacial score (nSPS) is 10.6. The van der Waals surface area contributed by atoms with E-state index in [9.17, 15) is 17.6 Å².